The Kier molecular flexibility index (Phi) is 4.57. The van der Waals surface area contributed by atoms with Crippen LogP contribution in [-0.2, 0) is 11.2 Å². The summed E-state index contributed by atoms with van der Waals surface area (Å²) in [7, 11) is 0. The Hall–Kier alpha value is -3.61. The van der Waals surface area contributed by atoms with Crippen LogP contribution < -0.4 is 20.1 Å². The van der Waals surface area contributed by atoms with E-state index in [1.807, 2.05) is 18.2 Å². The molecule has 2 aromatic carbocycles. The van der Waals surface area contributed by atoms with Crippen molar-refractivity contribution in [1.82, 2.24) is 4.98 Å². The Bertz CT molecular complexity index is 976. The molecule has 0 saturated carbocycles. The van der Waals surface area contributed by atoms with Crippen molar-refractivity contribution < 1.29 is 18.7 Å². The van der Waals surface area contributed by atoms with Crippen molar-refractivity contribution in [1.29, 1.82) is 0 Å². The lowest BCUT2D eigenvalue weighted by Gasteiger charge is -2.09. The number of fused-ring (bicyclic) bond motifs is 1. The molecule has 0 unspecified atom stereocenters. The molecule has 4 rings (SSSR count). The molecule has 1 amide bonds. The fraction of sp³-hybridized carbons (Fsp3) is 0.100. The molecular formula is C20H16FN3O3. The molecule has 1 aromatic heterocycles. The molecule has 2 N–H and O–H groups in total. The van der Waals surface area contributed by atoms with Crippen molar-refractivity contribution in [3.63, 3.8) is 0 Å². The Labute approximate surface area is 155 Å². The first-order valence-corrected chi connectivity index (χ1v) is 8.33. The van der Waals surface area contributed by atoms with Crippen LogP contribution in [0.1, 0.15) is 5.56 Å². The van der Waals surface area contributed by atoms with E-state index in [0.29, 0.717) is 17.1 Å². The first-order valence-electron chi connectivity index (χ1n) is 8.33. The van der Waals surface area contributed by atoms with Gasteiger partial charge in [-0.15, -0.1) is 0 Å². The van der Waals surface area contributed by atoms with Gasteiger partial charge < -0.3 is 20.1 Å². The highest BCUT2D eigenvalue weighted by atomic mass is 19.1. The van der Waals surface area contributed by atoms with Gasteiger partial charge in [-0.1, -0.05) is 12.1 Å². The topological polar surface area (TPSA) is 72.5 Å². The molecule has 1 aliphatic heterocycles. The number of amides is 1. The number of hydrogen-bond donors (Lipinski definition) is 2. The minimum atomic E-state index is -0.364. The van der Waals surface area contributed by atoms with Crippen molar-refractivity contribution in [2.24, 2.45) is 0 Å². The maximum atomic E-state index is 13.2. The lowest BCUT2D eigenvalue weighted by atomic mass is 10.1. The van der Waals surface area contributed by atoms with Gasteiger partial charge in [-0.25, -0.2) is 9.37 Å². The highest BCUT2D eigenvalue weighted by molar-refractivity contribution is 5.91. The molecule has 2 heterocycles. The van der Waals surface area contributed by atoms with Gasteiger partial charge in [-0.3, -0.25) is 4.79 Å². The smallest absolute Gasteiger partial charge is 0.231 e. The van der Waals surface area contributed by atoms with Crippen molar-refractivity contribution in [2.75, 3.05) is 17.4 Å². The minimum Gasteiger partial charge on any atom is -0.454 e. The van der Waals surface area contributed by atoms with E-state index in [9.17, 15) is 9.18 Å². The number of carbonyl (C=O) groups excluding carboxylic acids is 1. The van der Waals surface area contributed by atoms with E-state index in [-0.39, 0.29) is 24.9 Å². The second kappa shape index (κ2) is 7.33. The number of benzene rings is 2. The van der Waals surface area contributed by atoms with Gasteiger partial charge >= 0.3 is 0 Å². The molecule has 136 valence electrons. The van der Waals surface area contributed by atoms with Crippen LogP contribution in [0, 0.1) is 5.82 Å². The van der Waals surface area contributed by atoms with Gasteiger partial charge in [0, 0.05) is 11.8 Å². The summed E-state index contributed by atoms with van der Waals surface area (Å²) in [6, 6.07) is 15.0. The predicted molar refractivity (Wildman–Crippen MR) is 98.8 cm³/mol. The van der Waals surface area contributed by atoms with E-state index in [1.165, 1.54) is 12.1 Å². The SMILES string of the molecule is O=C(Cc1cccc(F)c1)Nc1ccc(Nc2ccc3c(c2)OCO3)cn1. The van der Waals surface area contributed by atoms with Gasteiger partial charge in [0.2, 0.25) is 12.7 Å². The third-order valence-corrected chi connectivity index (χ3v) is 3.95. The molecule has 0 atom stereocenters. The maximum Gasteiger partial charge on any atom is 0.231 e. The van der Waals surface area contributed by atoms with E-state index < -0.39 is 0 Å². The van der Waals surface area contributed by atoms with Crippen molar-refractivity contribution in [3.8, 4) is 11.5 Å². The Morgan fingerprint density at radius 2 is 1.89 bits per heavy atom. The van der Waals surface area contributed by atoms with E-state index in [4.69, 9.17) is 9.47 Å². The fourth-order valence-corrected chi connectivity index (χ4v) is 2.70. The molecule has 0 fully saturated rings. The molecule has 0 saturated heterocycles. The van der Waals surface area contributed by atoms with E-state index in [1.54, 1.807) is 30.5 Å². The number of ether oxygens (including phenoxy) is 2. The first-order chi connectivity index (χ1) is 13.2. The van der Waals surface area contributed by atoms with E-state index in [0.717, 1.165) is 17.1 Å². The Morgan fingerprint density at radius 1 is 1.04 bits per heavy atom. The molecule has 1 aliphatic rings. The summed E-state index contributed by atoms with van der Waals surface area (Å²) >= 11 is 0. The largest absolute Gasteiger partial charge is 0.454 e. The highest BCUT2D eigenvalue weighted by Crippen LogP contribution is 2.35. The number of rotatable bonds is 5. The second-order valence-corrected chi connectivity index (χ2v) is 5.98. The summed E-state index contributed by atoms with van der Waals surface area (Å²) in [5, 5.41) is 5.91. The lowest BCUT2D eigenvalue weighted by molar-refractivity contribution is -0.115. The number of halogens is 1. The van der Waals surface area contributed by atoms with Crippen molar-refractivity contribution in [3.05, 3.63) is 72.2 Å². The summed E-state index contributed by atoms with van der Waals surface area (Å²) < 4.78 is 23.8. The third kappa shape index (κ3) is 4.14. The molecule has 0 radical (unpaired) electrons. The van der Waals surface area contributed by atoms with Gasteiger partial charge in [0.25, 0.3) is 0 Å². The normalized spacial score (nSPS) is 11.9. The predicted octanol–water partition coefficient (Wildman–Crippen LogP) is 3.87. The van der Waals surface area contributed by atoms with Crippen LogP contribution in [0.3, 0.4) is 0 Å². The molecule has 27 heavy (non-hydrogen) atoms. The van der Waals surface area contributed by atoms with Gasteiger partial charge in [-0.2, -0.15) is 0 Å². The zero-order valence-corrected chi connectivity index (χ0v) is 14.2. The first kappa shape index (κ1) is 16.8. The van der Waals surface area contributed by atoms with Gasteiger partial charge in [0.15, 0.2) is 11.5 Å². The summed E-state index contributed by atoms with van der Waals surface area (Å²) in [4.78, 5) is 16.3. The average Bonchev–Trinajstić information content (AvgIpc) is 3.11. The second-order valence-electron chi connectivity index (χ2n) is 5.98. The summed E-state index contributed by atoms with van der Waals surface area (Å²) in [5.41, 5.74) is 2.20. The third-order valence-electron chi connectivity index (χ3n) is 3.95. The lowest BCUT2D eigenvalue weighted by Crippen LogP contribution is -2.15. The van der Waals surface area contributed by atoms with Crippen LogP contribution in [0.15, 0.2) is 60.8 Å². The maximum absolute atomic E-state index is 13.2. The molecular weight excluding hydrogens is 349 g/mol. The standard InChI is InChI=1S/C20H16FN3O3/c21-14-3-1-2-13(8-14)9-20(25)24-19-7-5-16(11-22-19)23-15-4-6-17-18(10-15)27-12-26-17/h1-8,10-11,23H,9,12H2,(H,22,24,25). The van der Waals surface area contributed by atoms with Gasteiger partial charge in [0.05, 0.1) is 18.3 Å². The number of nitrogens with one attached hydrogen (secondary N) is 2. The molecule has 0 bridgehead atoms. The van der Waals surface area contributed by atoms with Gasteiger partial charge in [-0.05, 0) is 42.0 Å². The number of nitrogens with zero attached hydrogens (tertiary/aromatic N) is 1. The molecule has 0 aliphatic carbocycles. The number of anilines is 3. The van der Waals surface area contributed by atoms with Crippen LogP contribution in [0.4, 0.5) is 21.6 Å². The number of carbonyl (C=O) groups is 1. The van der Waals surface area contributed by atoms with Crippen LogP contribution in [0.25, 0.3) is 0 Å². The Morgan fingerprint density at radius 3 is 2.70 bits per heavy atom. The van der Waals surface area contributed by atoms with Crippen molar-refractivity contribution in [2.45, 2.75) is 6.42 Å². The number of hydrogen-bond acceptors (Lipinski definition) is 5. The molecule has 7 heteroatoms. The molecule has 6 nitrogen and oxygen atoms in total. The molecule has 0 spiro atoms. The minimum absolute atomic E-state index is 0.0800. The fourth-order valence-electron chi connectivity index (χ4n) is 2.70. The molecule has 3 aromatic rings. The Balaban J connectivity index is 1.36. The van der Waals surface area contributed by atoms with Crippen LogP contribution in [-0.4, -0.2) is 17.7 Å². The zero-order chi connectivity index (χ0) is 18.6. The quantitative estimate of drug-likeness (QED) is 0.718. The number of aromatic nitrogens is 1. The number of pyridine rings is 1. The monoisotopic (exact) mass is 365 g/mol. The summed E-state index contributed by atoms with van der Waals surface area (Å²) in [6.45, 7) is 0.227. The average molecular weight is 365 g/mol. The van der Waals surface area contributed by atoms with Crippen LogP contribution >= 0.6 is 0 Å². The van der Waals surface area contributed by atoms with E-state index >= 15 is 0 Å². The zero-order valence-electron chi connectivity index (χ0n) is 14.2. The van der Waals surface area contributed by atoms with Gasteiger partial charge in [0.1, 0.15) is 11.6 Å². The summed E-state index contributed by atoms with van der Waals surface area (Å²) in [5.74, 6) is 1.21. The van der Waals surface area contributed by atoms with E-state index in [2.05, 4.69) is 15.6 Å². The van der Waals surface area contributed by atoms with Crippen LogP contribution in [0.5, 0.6) is 11.5 Å². The highest BCUT2D eigenvalue weighted by Gasteiger charge is 2.13. The van der Waals surface area contributed by atoms with Crippen LogP contribution in [0.2, 0.25) is 0 Å². The summed E-state index contributed by atoms with van der Waals surface area (Å²) in [6.07, 6.45) is 1.69. The van der Waals surface area contributed by atoms with Crippen molar-refractivity contribution >= 4 is 23.1 Å².